The molecule has 2 atom stereocenters. The van der Waals surface area contributed by atoms with Crippen LogP contribution in [0.25, 0.3) is 5.57 Å². The maximum atomic E-state index is 13.6. The lowest BCUT2D eigenvalue weighted by atomic mass is 9.92. The number of amides is 4. The number of nitrogens with zero attached hydrogens (tertiary/aromatic N) is 5. The van der Waals surface area contributed by atoms with E-state index in [0.717, 1.165) is 44.2 Å². The Balaban J connectivity index is 0.991. The molecular formula is C40H44N6O9. The number of hydrogen-bond acceptors (Lipinski definition) is 13. The number of benzene rings is 2. The highest BCUT2D eigenvalue weighted by Crippen LogP contribution is 2.39. The summed E-state index contributed by atoms with van der Waals surface area (Å²) in [6.45, 7) is 5.33. The number of esters is 1. The highest BCUT2D eigenvalue weighted by molar-refractivity contribution is 6.23. The Bertz CT molecular complexity index is 2070. The SMILES string of the molecule is COc1cc(C2=CN(C)Cc3cnccc32)cc(OC)c1CN1CC(Oc2ccc3c(c2)C(=O)N(C2CCC(=O)N(COC(=O)[C@@H](N)C(C)C)C2=O)C3=O)C1. The van der Waals surface area contributed by atoms with E-state index in [1.54, 1.807) is 40.3 Å². The van der Waals surface area contributed by atoms with Gasteiger partial charge in [-0.2, -0.15) is 0 Å². The zero-order valence-electron chi connectivity index (χ0n) is 31.4. The van der Waals surface area contributed by atoms with Crippen molar-refractivity contribution < 1.29 is 42.9 Å². The van der Waals surface area contributed by atoms with E-state index in [0.29, 0.717) is 36.9 Å². The molecular weight excluding hydrogens is 708 g/mol. The van der Waals surface area contributed by atoms with Crippen LogP contribution in [0.15, 0.2) is 55.0 Å². The van der Waals surface area contributed by atoms with Crippen molar-refractivity contribution in [1.29, 1.82) is 0 Å². The van der Waals surface area contributed by atoms with E-state index < -0.39 is 48.4 Å². The highest BCUT2D eigenvalue weighted by atomic mass is 16.5. The summed E-state index contributed by atoms with van der Waals surface area (Å²) in [5, 5.41) is 0. The molecule has 0 saturated carbocycles. The molecule has 2 fully saturated rings. The molecule has 0 spiro atoms. The molecule has 5 heterocycles. The van der Waals surface area contributed by atoms with Crippen LogP contribution in [0.4, 0.5) is 0 Å². The zero-order valence-corrected chi connectivity index (χ0v) is 31.4. The van der Waals surface area contributed by atoms with Gasteiger partial charge in [0, 0.05) is 63.8 Å². The van der Waals surface area contributed by atoms with E-state index in [-0.39, 0.29) is 36.0 Å². The Hall–Kier alpha value is -5.80. The van der Waals surface area contributed by atoms with Crippen molar-refractivity contribution in [3.8, 4) is 17.2 Å². The second-order valence-electron chi connectivity index (χ2n) is 14.5. The number of rotatable bonds is 12. The number of nitrogens with two attached hydrogens (primary N) is 1. The van der Waals surface area contributed by atoms with Gasteiger partial charge in [0.25, 0.3) is 17.7 Å². The number of aromatic nitrogens is 1. The molecule has 1 aromatic heterocycles. The molecule has 55 heavy (non-hydrogen) atoms. The summed E-state index contributed by atoms with van der Waals surface area (Å²) in [6, 6.07) is 8.57. The molecule has 7 rings (SSSR count). The first-order valence-corrected chi connectivity index (χ1v) is 18.2. The van der Waals surface area contributed by atoms with E-state index in [1.807, 2.05) is 31.4 Å². The average molecular weight is 753 g/mol. The van der Waals surface area contributed by atoms with Crippen LogP contribution in [0.1, 0.15) is 69.7 Å². The fraction of sp³-hybridized carbons (Fsp3) is 0.400. The van der Waals surface area contributed by atoms with Gasteiger partial charge in [0.1, 0.15) is 35.4 Å². The molecule has 4 amide bonds. The lowest BCUT2D eigenvalue weighted by Gasteiger charge is -2.39. The molecule has 4 aliphatic heterocycles. The first-order chi connectivity index (χ1) is 26.4. The van der Waals surface area contributed by atoms with Gasteiger partial charge in [-0.3, -0.25) is 38.8 Å². The number of carbonyl (C=O) groups excluding carboxylic acids is 5. The monoisotopic (exact) mass is 752 g/mol. The Morgan fingerprint density at radius 2 is 1.67 bits per heavy atom. The molecule has 2 saturated heterocycles. The minimum atomic E-state index is -1.23. The van der Waals surface area contributed by atoms with Crippen LogP contribution in [0.3, 0.4) is 0 Å². The predicted octanol–water partition coefficient (Wildman–Crippen LogP) is 2.79. The largest absolute Gasteiger partial charge is 0.496 e. The van der Waals surface area contributed by atoms with Crippen molar-refractivity contribution in [1.82, 2.24) is 24.6 Å². The van der Waals surface area contributed by atoms with E-state index in [2.05, 4.69) is 21.0 Å². The van der Waals surface area contributed by atoms with Crippen molar-refractivity contribution in [2.24, 2.45) is 11.7 Å². The quantitative estimate of drug-likeness (QED) is 0.212. The molecule has 4 aliphatic rings. The maximum absolute atomic E-state index is 13.6. The second-order valence-corrected chi connectivity index (χ2v) is 14.5. The van der Waals surface area contributed by atoms with Crippen molar-refractivity contribution in [2.45, 2.75) is 58.0 Å². The third kappa shape index (κ3) is 7.12. The van der Waals surface area contributed by atoms with Gasteiger partial charge in [-0.25, -0.2) is 4.90 Å². The van der Waals surface area contributed by atoms with Crippen LogP contribution in [-0.2, 0) is 32.2 Å². The van der Waals surface area contributed by atoms with E-state index in [9.17, 15) is 24.0 Å². The van der Waals surface area contributed by atoms with Crippen LogP contribution >= 0.6 is 0 Å². The van der Waals surface area contributed by atoms with E-state index in [4.69, 9.17) is 24.7 Å². The summed E-state index contributed by atoms with van der Waals surface area (Å²) in [5.41, 5.74) is 11.3. The third-order valence-electron chi connectivity index (χ3n) is 10.5. The lowest BCUT2D eigenvalue weighted by Crippen LogP contribution is -2.56. The van der Waals surface area contributed by atoms with Crippen molar-refractivity contribution in [2.75, 3.05) is 41.1 Å². The van der Waals surface area contributed by atoms with Gasteiger partial charge in [0.15, 0.2) is 6.73 Å². The fourth-order valence-electron chi connectivity index (χ4n) is 7.38. The zero-order chi connectivity index (χ0) is 39.1. The Morgan fingerprint density at radius 1 is 0.964 bits per heavy atom. The van der Waals surface area contributed by atoms with Crippen molar-refractivity contribution in [3.63, 3.8) is 0 Å². The van der Waals surface area contributed by atoms with Crippen molar-refractivity contribution in [3.05, 3.63) is 88.4 Å². The van der Waals surface area contributed by atoms with Gasteiger partial charge in [-0.05, 0) is 65.4 Å². The lowest BCUT2D eigenvalue weighted by molar-refractivity contribution is -0.164. The number of hydrogen-bond donors (Lipinski definition) is 1. The minimum Gasteiger partial charge on any atom is -0.496 e. The van der Waals surface area contributed by atoms with Crippen LogP contribution in [-0.4, -0.2) is 113 Å². The highest BCUT2D eigenvalue weighted by Gasteiger charge is 2.47. The number of methoxy groups -OCH3 is 2. The average Bonchev–Trinajstić information content (AvgIpc) is 3.40. The number of ether oxygens (including phenoxy) is 4. The molecule has 15 heteroatoms. The molecule has 2 N–H and O–H groups in total. The number of pyridine rings is 1. The molecule has 1 unspecified atom stereocenters. The topological polar surface area (TPSA) is 174 Å². The van der Waals surface area contributed by atoms with Crippen LogP contribution < -0.4 is 19.9 Å². The molecule has 15 nitrogen and oxygen atoms in total. The van der Waals surface area contributed by atoms with Gasteiger partial charge in [-0.15, -0.1) is 0 Å². The van der Waals surface area contributed by atoms with E-state index >= 15 is 0 Å². The molecule has 2 aromatic carbocycles. The van der Waals surface area contributed by atoms with Crippen LogP contribution in [0.5, 0.6) is 17.2 Å². The van der Waals surface area contributed by atoms with Crippen molar-refractivity contribution >= 4 is 35.2 Å². The Labute approximate surface area is 318 Å². The molecule has 3 aromatic rings. The number of imide groups is 2. The van der Waals surface area contributed by atoms with Crippen LogP contribution in [0.2, 0.25) is 0 Å². The van der Waals surface area contributed by atoms with Gasteiger partial charge in [0.05, 0.1) is 30.9 Å². The van der Waals surface area contributed by atoms with Gasteiger partial charge in [-0.1, -0.05) is 13.8 Å². The second kappa shape index (κ2) is 15.1. The number of fused-ring (bicyclic) bond motifs is 2. The third-order valence-corrected chi connectivity index (χ3v) is 10.5. The summed E-state index contributed by atoms with van der Waals surface area (Å²) in [7, 11) is 5.32. The molecule has 288 valence electrons. The minimum absolute atomic E-state index is 0.0421. The predicted molar refractivity (Wildman–Crippen MR) is 198 cm³/mol. The number of likely N-dealkylation sites (tertiary alicyclic amines) is 2. The first-order valence-electron chi connectivity index (χ1n) is 18.2. The van der Waals surface area contributed by atoms with Gasteiger partial charge < -0.3 is 29.6 Å². The molecule has 0 radical (unpaired) electrons. The summed E-state index contributed by atoms with van der Waals surface area (Å²) >= 11 is 0. The maximum Gasteiger partial charge on any atom is 0.324 e. The number of piperidine rings is 1. The summed E-state index contributed by atoms with van der Waals surface area (Å²) in [5.74, 6) is -1.84. The summed E-state index contributed by atoms with van der Waals surface area (Å²) < 4.78 is 23.1. The first kappa shape index (κ1) is 37.5. The Morgan fingerprint density at radius 3 is 2.36 bits per heavy atom. The number of carbonyl (C=O) groups is 5. The van der Waals surface area contributed by atoms with E-state index in [1.165, 1.54) is 12.1 Å². The summed E-state index contributed by atoms with van der Waals surface area (Å²) in [6.07, 6.45) is 5.46. The normalized spacial score (nSPS) is 19.2. The molecule has 0 aliphatic carbocycles. The van der Waals surface area contributed by atoms with Crippen LogP contribution in [0, 0.1) is 5.92 Å². The standard InChI is InChI=1S/C40H44N6O9/c1-22(2)36(41)40(51)54-21-45-35(47)9-8-32(39(45)50)46-37(48)28-7-6-25(14-29(28)38(46)49)55-26-17-44(18-26)20-31-33(52-4)12-23(13-34(31)53-5)30-19-43(3)16-24-15-42-11-10-27(24)30/h6-7,10-15,19,22,26,32,36H,8-9,16-18,20-21,41H2,1-5H3/t32?,36-/m0/s1. The smallest absolute Gasteiger partial charge is 0.324 e. The van der Waals surface area contributed by atoms with Gasteiger partial charge >= 0.3 is 5.97 Å². The van der Waals surface area contributed by atoms with Gasteiger partial charge in [0.2, 0.25) is 5.91 Å². The molecule has 0 bridgehead atoms. The summed E-state index contributed by atoms with van der Waals surface area (Å²) in [4.78, 5) is 75.6. The Kier molecular flexibility index (Phi) is 10.3. The fourth-order valence-corrected chi connectivity index (χ4v) is 7.38.